The molecule has 1 aliphatic rings. The van der Waals surface area contributed by atoms with Crippen molar-refractivity contribution in [3.05, 3.63) is 13.3 Å². The summed E-state index contributed by atoms with van der Waals surface area (Å²) in [6, 6.07) is 0. The number of carbonyl (C=O) groups is 1. The zero-order chi connectivity index (χ0) is 10.4. The topological polar surface area (TPSA) is 26.3 Å². The summed E-state index contributed by atoms with van der Waals surface area (Å²) in [5.41, 5.74) is 0. The molecular formula is C12H20O2. The van der Waals surface area contributed by atoms with Gasteiger partial charge in [0.1, 0.15) is 0 Å². The van der Waals surface area contributed by atoms with Crippen LogP contribution in [0.3, 0.4) is 0 Å². The highest BCUT2D eigenvalue weighted by atomic mass is 16.5. The zero-order valence-electron chi connectivity index (χ0n) is 9.00. The number of rotatable bonds is 5. The van der Waals surface area contributed by atoms with Gasteiger partial charge in [-0.2, -0.15) is 0 Å². The molecule has 0 saturated heterocycles. The maximum absolute atomic E-state index is 10.9. The smallest absolute Gasteiger partial charge is 0.305 e. The summed E-state index contributed by atoms with van der Waals surface area (Å²) in [6.45, 7) is 3.93. The molecule has 0 bridgehead atoms. The van der Waals surface area contributed by atoms with Crippen LogP contribution in [0.1, 0.15) is 38.5 Å². The molecule has 2 nitrogen and oxygen atoms in total. The number of carbonyl (C=O) groups excluding carboxylic acids is 1. The second-order valence-electron chi connectivity index (χ2n) is 4.09. The van der Waals surface area contributed by atoms with Crippen molar-refractivity contribution < 1.29 is 9.53 Å². The molecule has 1 aliphatic carbocycles. The van der Waals surface area contributed by atoms with Crippen LogP contribution in [-0.4, -0.2) is 13.1 Å². The third-order valence-corrected chi connectivity index (χ3v) is 3.03. The van der Waals surface area contributed by atoms with Gasteiger partial charge in [0, 0.05) is 6.42 Å². The van der Waals surface area contributed by atoms with E-state index in [0.717, 1.165) is 25.2 Å². The Morgan fingerprint density at radius 2 is 2.43 bits per heavy atom. The quantitative estimate of drug-likeness (QED) is 0.632. The summed E-state index contributed by atoms with van der Waals surface area (Å²) in [5.74, 6) is 1.42. The highest BCUT2D eigenvalue weighted by Crippen LogP contribution is 2.34. The largest absolute Gasteiger partial charge is 0.469 e. The van der Waals surface area contributed by atoms with Crippen molar-refractivity contribution in [1.29, 1.82) is 0 Å². The van der Waals surface area contributed by atoms with Crippen molar-refractivity contribution in [2.45, 2.75) is 38.5 Å². The summed E-state index contributed by atoms with van der Waals surface area (Å²) in [4.78, 5) is 10.9. The molecule has 0 amide bonds. The number of hydrogen-bond donors (Lipinski definition) is 0. The minimum atomic E-state index is -0.0864. The van der Waals surface area contributed by atoms with E-state index in [1.54, 1.807) is 0 Å². The van der Waals surface area contributed by atoms with E-state index >= 15 is 0 Å². The van der Waals surface area contributed by atoms with Gasteiger partial charge in [-0.15, -0.1) is 0 Å². The molecule has 0 heterocycles. The summed E-state index contributed by atoms with van der Waals surface area (Å²) < 4.78 is 4.60. The van der Waals surface area contributed by atoms with E-state index < -0.39 is 0 Å². The second-order valence-corrected chi connectivity index (χ2v) is 4.09. The molecule has 0 aliphatic heterocycles. The van der Waals surface area contributed by atoms with Crippen LogP contribution in [0.2, 0.25) is 0 Å². The molecule has 2 heteroatoms. The minimum absolute atomic E-state index is 0.0864. The first-order chi connectivity index (χ1) is 6.76. The lowest BCUT2D eigenvalue weighted by molar-refractivity contribution is -0.140. The summed E-state index contributed by atoms with van der Waals surface area (Å²) in [5, 5.41) is 0. The lowest BCUT2D eigenvalue weighted by Gasteiger charge is -2.08. The SMILES string of the molecule is [CH2]CC1C[CH]C(CCCC(=O)OC)C1. The van der Waals surface area contributed by atoms with Gasteiger partial charge in [-0.1, -0.05) is 13.3 Å². The van der Waals surface area contributed by atoms with Crippen molar-refractivity contribution in [2.75, 3.05) is 7.11 Å². The van der Waals surface area contributed by atoms with E-state index in [-0.39, 0.29) is 5.97 Å². The van der Waals surface area contributed by atoms with Crippen LogP contribution in [0.15, 0.2) is 0 Å². The maximum Gasteiger partial charge on any atom is 0.305 e. The first kappa shape index (κ1) is 11.5. The number of hydrogen-bond acceptors (Lipinski definition) is 2. The molecular weight excluding hydrogens is 176 g/mol. The first-order valence-corrected chi connectivity index (χ1v) is 5.45. The lowest BCUT2D eigenvalue weighted by Crippen LogP contribution is -2.02. The maximum atomic E-state index is 10.9. The average molecular weight is 196 g/mol. The fourth-order valence-electron chi connectivity index (χ4n) is 2.09. The fourth-order valence-corrected chi connectivity index (χ4v) is 2.09. The van der Waals surface area contributed by atoms with E-state index in [4.69, 9.17) is 0 Å². The Bertz CT molecular complexity index is 177. The molecule has 0 spiro atoms. The Morgan fingerprint density at radius 1 is 1.64 bits per heavy atom. The Labute approximate surface area is 87.0 Å². The number of esters is 1. The van der Waals surface area contributed by atoms with Gasteiger partial charge in [0.05, 0.1) is 7.11 Å². The second kappa shape index (κ2) is 6.05. The highest BCUT2D eigenvalue weighted by molar-refractivity contribution is 5.68. The van der Waals surface area contributed by atoms with Crippen LogP contribution >= 0.6 is 0 Å². The van der Waals surface area contributed by atoms with Crippen molar-refractivity contribution in [2.24, 2.45) is 11.8 Å². The van der Waals surface area contributed by atoms with Gasteiger partial charge in [0.15, 0.2) is 0 Å². The Morgan fingerprint density at radius 3 is 3.00 bits per heavy atom. The van der Waals surface area contributed by atoms with Crippen LogP contribution in [-0.2, 0) is 9.53 Å². The summed E-state index contributed by atoms with van der Waals surface area (Å²) >= 11 is 0. The first-order valence-electron chi connectivity index (χ1n) is 5.45. The van der Waals surface area contributed by atoms with Crippen molar-refractivity contribution >= 4 is 5.97 Å². The summed E-state index contributed by atoms with van der Waals surface area (Å²) in [6.07, 6.45) is 8.58. The molecule has 0 aromatic carbocycles. The van der Waals surface area contributed by atoms with Crippen LogP contribution < -0.4 is 0 Å². The number of ether oxygens (including phenoxy) is 1. The van der Waals surface area contributed by atoms with Crippen molar-refractivity contribution in [1.82, 2.24) is 0 Å². The molecule has 14 heavy (non-hydrogen) atoms. The van der Waals surface area contributed by atoms with Gasteiger partial charge < -0.3 is 4.74 Å². The van der Waals surface area contributed by atoms with Gasteiger partial charge in [-0.25, -0.2) is 0 Å². The van der Waals surface area contributed by atoms with E-state index in [0.29, 0.717) is 12.3 Å². The molecule has 1 saturated carbocycles. The molecule has 2 unspecified atom stereocenters. The van der Waals surface area contributed by atoms with Gasteiger partial charge in [-0.3, -0.25) is 4.79 Å². The van der Waals surface area contributed by atoms with Crippen LogP contribution in [0.5, 0.6) is 0 Å². The molecule has 1 fully saturated rings. The van der Waals surface area contributed by atoms with Crippen molar-refractivity contribution in [3.8, 4) is 0 Å². The van der Waals surface area contributed by atoms with Crippen molar-refractivity contribution in [3.63, 3.8) is 0 Å². The van der Waals surface area contributed by atoms with Gasteiger partial charge in [-0.05, 0) is 43.9 Å². The molecule has 2 atom stereocenters. The van der Waals surface area contributed by atoms with Gasteiger partial charge in [0.2, 0.25) is 0 Å². The number of methoxy groups -OCH3 is 1. The Kier molecular flexibility index (Phi) is 4.99. The Hall–Kier alpha value is -0.530. The average Bonchev–Trinajstić information content (AvgIpc) is 2.65. The van der Waals surface area contributed by atoms with Crippen LogP contribution in [0.4, 0.5) is 0 Å². The van der Waals surface area contributed by atoms with Crippen LogP contribution in [0, 0.1) is 25.2 Å². The fraction of sp³-hybridized carbons (Fsp3) is 0.750. The highest BCUT2D eigenvalue weighted by Gasteiger charge is 2.23. The lowest BCUT2D eigenvalue weighted by atomic mass is 9.98. The van der Waals surface area contributed by atoms with E-state index in [1.165, 1.54) is 20.0 Å². The molecule has 80 valence electrons. The zero-order valence-corrected chi connectivity index (χ0v) is 9.00. The molecule has 1 rings (SSSR count). The monoisotopic (exact) mass is 196 g/mol. The third kappa shape index (κ3) is 3.69. The molecule has 2 radical (unpaired) electrons. The standard InChI is InChI=1S/C12H20O2/c1-3-10-7-8-11(9-10)5-4-6-12(13)14-2/h8,10-11H,1,3-7,9H2,2H3. The molecule has 0 aromatic heterocycles. The van der Waals surface area contributed by atoms with E-state index in [2.05, 4.69) is 18.1 Å². The molecule has 0 N–H and O–H groups in total. The normalized spacial score (nSPS) is 26.4. The predicted octanol–water partition coefficient (Wildman–Crippen LogP) is 2.78. The van der Waals surface area contributed by atoms with Gasteiger partial charge >= 0.3 is 5.97 Å². The van der Waals surface area contributed by atoms with Crippen LogP contribution in [0.25, 0.3) is 0 Å². The minimum Gasteiger partial charge on any atom is -0.469 e. The molecule has 0 aromatic rings. The third-order valence-electron chi connectivity index (χ3n) is 3.03. The Balaban J connectivity index is 2.05. The van der Waals surface area contributed by atoms with E-state index in [9.17, 15) is 4.79 Å². The predicted molar refractivity (Wildman–Crippen MR) is 56.4 cm³/mol. The van der Waals surface area contributed by atoms with E-state index in [1.807, 2.05) is 0 Å². The summed E-state index contributed by atoms with van der Waals surface area (Å²) in [7, 11) is 1.45. The van der Waals surface area contributed by atoms with Gasteiger partial charge in [0.25, 0.3) is 0 Å².